The first-order valence-electron chi connectivity index (χ1n) is 4.46. The van der Waals surface area contributed by atoms with Gasteiger partial charge in [-0.1, -0.05) is 19.6 Å². The highest BCUT2D eigenvalue weighted by molar-refractivity contribution is 9.18. The zero-order valence-electron chi connectivity index (χ0n) is 8.93. The van der Waals surface area contributed by atoms with E-state index in [2.05, 4.69) is 35.6 Å². The summed E-state index contributed by atoms with van der Waals surface area (Å²) >= 11 is 2.98. The number of nitrogens with zero attached hydrogens (tertiary/aromatic N) is 1. The number of rotatable bonds is 6. The molecule has 0 bridgehead atoms. The molecule has 4 nitrogen and oxygen atoms in total. The highest BCUT2D eigenvalue weighted by atomic mass is 79.9. The molecule has 82 valence electrons. The molecule has 0 heterocycles. The summed E-state index contributed by atoms with van der Waals surface area (Å²) in [7, 11) is -1.03. The van der Waals surface area contributed by atoms with Crippen molar-refractivity contribution in [3.8, 4) is 0 Å². The molecule has 0 amide bonds. The van der Waals surface area contributed by atoms with Crippen LogP contribution in [0, 0.1) is 10.8 Å². The van der Waals surface area contributed by atoms with E-state index in [-0.39, 0.29) is 11.5 Å². The molecule has 0 atom stereocenters. The van der Waals surface area contributed by atoms with Crippen LogP contribution >= 0.6 is 15.9 Å². The maximum absolute atomic E-state index is 7.23. The molecule has 0 radical (unpaired) electrons. The number of ether oxygens (including phenoxy) is 1. The van der Waals surface area contributed by atoms with Crippen LogP contribution in [0.4, 0.5) is 0 Å². The van der Waals surface area contributed by atoms with Crippen molar-refractivity contribution in [1.29, 1.82) is 10.8 Å². The van der Waals surface area contributed by atoms with Gasteiger partial charge in [-0.15, -0.1) is 0 Å². The highest BCUT2D eigenvalue weighted by Gasteiger charge is 2.12. The maximum atomic E-state index is 7.23. The summed E-state index contributed by atoms with van der Waals surface area (Å²) in [5.41, 5.74) is 0. The highest BCUT2D eigenvalue weighted by Crippen LogP contribution is 2.07. The van der Waals surface area contributed by atoms with Crippen LogP contribution in [0.5, 0.6) is 0 Å². The average molecular weight is 280 g/mol. The smallest absolute Gasteiger partial charge is 0.172 e. The fourth-order valence-electron chi connectivity index (χ4n) is 0.692. The van der Waals surface area contributed by atoms with Gasteiger partial charge in [-0.2, -0.15) is 0 Å². The molecule has 0 fully saturated rings. The molecule has 0 saturated carbocycles. The van der Waals surface area contributed by atoms with E-state index in [1.807, 2.05) is 0 Å². The molecule has 0 aromatic heterocycles. The number of hydrogen-bond donors (Lipinski definition) is 2. The molecule has 0 aromatic carbocycles. The van der Waals surface area contributed by atoms with Gasteiger partial charge in [0.25, 0.3) is 0 Å². The lowest BCUT2D eigenvalue weighted by molar-refractivity contribution is 0.104. The van der Waals surface area contributed by atoms with E-state index in [9.17, 15) is 0 Å². The van der Waals surface area contributed by atoms with Crippen LogP contribution in [0.3, 0.4) is 0 Å². The largest absolute Gasteiger partial charge is 0.361 e. The Labute approximate surface area is 94.8 Å². The van der Waals surface area contributed by atoms with Crippen LogP contribution in [-0.2, 0) is 4.74 Å². The molecule has 6 heteroatoms. The lowest BCUT2D eigenvalue weighted by Gasteiger charge is -2.18. The van der Waals surface area contributed by atoms with Crippen LogP contribution in [0.15, 0.2) is 0 Å². The third-order valence-electron chi connectivity index (χ3n) is 1.63. The van der Waals surface area contributed by atoms with E-state index in [1.54, 1.807) is 0 Å². The SMILES string of the molecule is C[Si](C)(C)CCOCN(C=N)C(=N)Br. The van der Waals surface area contributed by atoms with E-state index in [4.69, 9.17) is 15.6 Å². The number of amidine groups is 1. The van der Waals surface area contributed by atoms with Crippen molar-refractivity contribution >= 4 is 35.1 Å². The minimum absolute atomic E-state index is 0.153. The first kappa shape index (κ1) is 13.8. The van der Waals surface area contributed by atoms with Gasteiger partial charge in [-0.25, -0.2) is 0 Å². The second-order valence-electron chi connectivity index (χ2n) is 4.24. The van der Waals surface area contributed by atoms with E-state index >= 15 is 0 Å². The molecule has 2 N–H and O–H groups in total. The molecule has 0 aliphatic carbocycles. The third-order valence-corrected chi connectivity index (χ3v) is 3.79. The lowest BCUT2D eigenvalue weighted by atomic mass is 10.8. The Morgan fingerprint density at radius 3 is 2.43 bits per heavy atom. The van der Waals surface area contributed by atoms with Gasteiger partial charge in [0.15, 0.2) is 4.74 Å². The van der Waals surface area contributed by atoms with Gasteiger partial charge in [0, 0.05) is 14.7 Å². The summed E-state index contributed by atoms with van der Waals surface area (Å²) in [5, 5.41) is 14.2. The maximum Gasteiger partial charge on any atom is 0.172 e. The topological polar surface area (TPSA) is 60.2 Å². The Balaban J connectivity index is 3.63. The molecule has 0 aliphatic rings. The molecule has 14 heavy (non-hydrogen) atoms. The van der Waals surface area contributed by atoms with Crippen LogP contribution in [0.2, 0.25) is 25.7 Å². The first-order valence-corrected chi connectivity index (χ1v) is 8.96. The third kappa shape index (κ3) is 7.22. The zero-order chi connectivity index (χ0) is 11.2. The van der Waals surface area contributed by atoms with E-state index in [0.29, 0.717) is 6.61 Å². The zero-order valence-corrected chi connectivity index (χ0v) is 11.5. The summed E-state index contributed by atoms with van der Waals surface area (Å²) in [6, 6.07) is 1.11. The van der Waals surface area contributed by atoms with Gasteiger partial charge in [-0.05, 0) is 22.0 Å². The lowest BCUT2D eigenvalue weighted by Crippen LogP contribution is -2.29. The number of hydrogen-bond acceptors (Lipinski definition) is 3. The standard InChI is InChI=1S/C8H18BrN3OSi/c1-14(2,3)5-4-13-7-12(6-10)8(9)11/h6,10-11H,4-5,7H2,1-3H3. The van der Waals surface area contributed by atoms with Gasteiger partial charge in [0.1, 0.15) is 6.73 Å². The summed E-state index contributed by atoms with van der Waals surface area (Å²) in [6.07, 6.45) is 1.08. The van der Waals surface area contributed by atoms with Crippen LogP contribution < -0.4 is 0 Å². The second kappa shape index (κ2) is 6.31. The van der Waals surface area contributed by atoms with E-state index in [1.165, 1.54) is 4.90 Å². The Morgan fingerprint density at radius 1 is 1.50 bits per heavy atom. The van der Waals surface area contributed by atoms with Gasteiger partial charge < -0.3 is 4.74 Å². The quantitative estimate of drug-likeness (QED) is 0.196. The van der Waals surface area contributed by atoms with Gasteiger partial charge >= 0.3 is 0 Å². The van der Waals surface area contributed by atoms with Gasteiger partial charge in [-0.3, -0.25) is 15.7 Å². The van der Waals surface area contributed by atoms with E-state index < -0.39 is 8.07 Å². The van der Waals surface area contributed by atoms with Crippen molar-refractivity contribution in [2.75, 3.05) is 13.3 Å². The molecule has 0 aromatic rings. The summed E-state index contributed by atoms with van der Waals surface area (Å²) in [5.74, 6) is 0. The van der Waals surface area contributed by atoms with Crippen LogP contribution in [0.25, 0.3) is 0 Å². The molecule has 0 spiro atoms. The Bertz CT molecular complexity index is 205. The van der Waals surface area contributed by atoms with Crippen molar-refractivity contribution in [2.24, 2.45) is 0 Å². The second-order valence-corrected chi connectivity index (χ2v) is 10.6. The number of nitrogens with one attached hydrogen (secondary N) is 2. The molecular weight excluding hydrogens is 262 g/mol. The minimum Gasteiger partial charge on any atom is -0.361 e. The summed E-state index contributed by atoms with van der Waals surface area (Å²) < 4.78 is 5.52. The van der Waals surface area contributed by atoms with Gasteiger partial charge in [0.2, 0.25) is 0 Å². The fraction of sp³-hybridized carbons (Fsp3) is 0.750. The molecule has 0 unspecified atom stereocenters. The van der Waals surface area contributed by atoms with Crippen LogP contribution in [0.1, 0.15) is 0 Å². The van der Waals surface area contributed by atoms with E-state index in [0.717, 1.165) is 12.4 Å². The Morgan fingerprint density at radius 2 is 2.07 bits per heavy atom. The van der Waals surface area contributed by atoms with Crippen LogP contribution in [-0.4, -0.2) is 37.4 Å². The molecule has 0 aliphatic heterocycles. The summed E-state index contributed by atoms with van der Waals surface area (Å²) in [4.78, 5) is 1.38. The normalized spacial score (nSPS) is 11.1. The van der Waals surface area contributed by atoms with Crippen molar-refractivity contribution in [2.45, 2.75) is 25.7 Å². The molecular formula is C8H18BrN3OSi. The van der Waals surface area contributed by atoms with Crippen molar-refractivity contribution in [1.82, 2.24) is 4.90 Å². The summed E-state index contributed by atoms with van der Waals surface area (Å²) in [6.45, 7) is 7.85. The molecule has 0 rings (SSSR count). The first-order chi connectivity index (χ1) is 6.37. The minimum atomic E-state index is -1.03. The Hall–Kier alpha value is -0.203. The van der Waals surface area contributed by atoms with Crippen molar-refractivity contribution in [3.05, 3.63) is 0 Å². The average Bonchev–Trinajstić information content (AvgIpc) is 2.01. The van der Waals surface area contributed by atoms with Crippen molar-refractivity contribution in [3.63, 3.8) is 0 Å². The predicted molar refractivity (Wildman–Crippen MR) is 66.2 cm³/mol. The van der Waals surface area contributed by atoms with Gasteiger partial charge in [0.05, 0.1) is 6.34 Å². The predicted octanol–water partition coefficient (Wildman–Crippen LogP) is 2.54. The molecule has 0 saturated heterocycles. The van der Waals surface area contributed by atoms with Crippen molar-refractivity contribution < 1.29 is 4.74 Å². The fourth-order valence-corrected chi connectivity index (χ4v) is 1.65. The Kier molecular flexibility index (Phi) is 6.22. The monoisotopic (exact) mass is 279 g/mol. The number of halogens is 1.